The Bertz CT molecular complexity index is 61.5. The Morgan fingerprint density at radius 2 is 2.25 bits per heavy atom. The molecule has 48 valence electrons. The van der Waals surface area contributed by atoms with Gasteiger partial charge in [-0.15, -0.1) is 16.8 Å². The molecule has 0 heterocycles. The molecule has 0 fully saturated rings. The van der Waals surface area contributed by atoms with Crippen LogP contribution < -0.4 is 0 Å². The lowest BCUT2D eigenvalue weighted by molar-refractivity contribution is 1.33. The molecule has 0 rings (SSSR count). The molecule has 0 aromatic rings. The minimum atomic E-state index is 0.353. The van der Waals surface area contributed by atoms with Crippen LogP contribution in [0.5, 0.6) is 0 Å². The summed E-state index contributed by atoms with van der Waals surface area (Å²) in [5.41, 5.74) is 0. The molecule has 0 nitrogen and oxygen atoms in total. The van der Waals surface area contributed by atoms with E-state index in [1.807, 2.05) is 0 Å². The van der Waals surface area contributed by atoms with Crippen molar-refractivity contribution >= 4 is 22.6 Å². The fourth-order valence-corrected chi connectivity index (χ4v) is 1.72. The van der Waals surface area contributed by atoms with E-state index < -0.39 is 0 Å². The van der Waals surface area contributed by atoms with E-state index in [0.29, 0.717) is 7.92 Å². The number of hydrogen-bond donors (Lipinski definition) is 0. The van der Waals surface area contributed by atoms with Gasteiger partial charge >= 0.3 is 0 Å². The Morgan fingerprint density at radius 3 is 2.62 bits per heavy atom. The molecule has 0 radical (unpaired) electrons. The molecule has 0 aliphatic carbocycles. The topological polar surface area (TPSA) is 0 Å². The van der Waals surface area contributed by atoms with Crippen LogP contribution in [0.25, 0.3) is 0 Å². The molecule has 1 unspecified atom stereocenters. The maximum Gasteiger partial charge on any atom is -0.0270 e. The summed E-state index contributed by atoms with van der Waals surface area (Å²) in [6.07, 6.45) is 3.98. The molecule has 0 aromatic heterocycles. The number of rotatable bonds is 4. The quantitative estimate of drug-likeness (QED) is 0.537. The molecular weight excluding hydrogens is 134 g/mol. The Labute approximate surface area is 55.7 Å². The van der Waals surface area contributed by atoms with E-state index in [0.717, 1.165) is 0 Å². The maximum atomic E-state index is 3.34. The fourth-order valence-electron chi connectivity index (χ4n) is 0.443. The number of hydrogen-bond acceptors (Lipinski definition) is 0. The van der Waals surface area contributed by atoms with Gasteiger partial charge in [-0.05, 0) is 25.4 Å². The van der Waals surface area contributed by atoms with Crippen molar-refractivity contribution < 1.29 is 0 Å². The van der Waals surface area contributed by atoms with E-state index in [1.165, 1.54) is 18.7 Å². The smallest absolute Gasteiger partial charge is 0.0270 e. The summed E-state index contributed by atoms with van der Waals surface area (Å²) in [6, 6.07) is 0. The first kappa shape index (κ1) is 8.60. The zero-order chi connectivity index (χ0) is 6.41. The fraction of sp³-hybridized carbons (Fsp3) is 0.833. The summed E-state index contributed by atoms with van der Waals surface area (Å²) >= 11 is 0. The minimum absolute atomic E-state index is 0.353. The van der Waals surface area contributed by atoms with E-state index in [-0.39, 0.29) is 0 Å². The van der Waals surface area contributed by atoms with Gasteiger partial charge in [0.1, 0.15) is 0 Å². The van der Waals surface area contributed by atoms with Crippen molar-refractivity contribution in [3.8, 4) is 0 Å². The van der Waals surface area contributed by atoms with E-state index in [9.17, 15) is 0 Å². The standard InChI is InChI=1S/C6H14P2/c1-3-8(2)6-4-5-7/h5,7H,3-4,6H2,1-2H3. The summed E-state index contributed by atoms with van der Waals surface area (Å²) in [4.78, 5) is 0. The third-order valence-corrected chi connectivity index (χ3v) is 3.58. The average Bonchev–Trinajstić information content (AvgIpc) is 1.83. The third kappa shape index (κ3) is 4.75. The van der Waals surface area contributed by atoms with Crippen molar-refractivity contribution in [1.29, 1.82) is 0 Å². The van der Waals surface area contributed by atoms with E-state index >= 15 is 0 Å². The second-order valence-electron chi connectivity index (χ2n) is 1.89. The Hall–Kier alpha value is 0.600. The van der Waals surface area contributed by atoms with Gasteiger partial charge < -0.3 is 0 Å². The second-order valence-corrected chi connectivity index (χ2v) is 5.09. The maximum absolute atomic E-state index is 3.34. The van der Waals surface area contributed by atoms with Gasteiger partial charge in [-0.3, -0.25) is 0 Å². The van der Waals surface area contributed by atoms with Gasteiger partial charge in [0, 0.05) is 0 Å². The Morgan fingerprint density at radius 1 is 1.62 bits per heavy atom. The highest BCUT2D eigenvalue weighted by atomic mass is 31.1. The highest BCUT2D eigenvalue weighted by Crippen LogP contribution is 2.29. The van der Waals surface area contributed by atoms with Crippen LogP contribution in [0.1, 0.15) is 13.3 Å². The van der Waals surface area contributed by atoms with Crippen molar-refractivity contribution in [2.45, 2.75) is 13.3 Å². The largest absolute Gasteiger partial charge is 0.127 e. The predicted octanol–water partition coefficient (Wildman–Crippen LogP) is 2.45. The monoisotopic (exact) mass is 148 g/mol. The molecule has 0 N–H and O–H groups in total. The first-order chi connectivity index (χ1) is 3.81. The lowest BCUT2D eigenvalue weighted by atomic mass is 10.6. The molecule has 0 aromatic carbocycles. The highest BCUT2D eigenvalue weighted by molar-refractivity contribution is 7.56. The lowest BCUT2D eigenvalue weighted by Crippen LogP contribution is -1.84. The summed E-state index contributed by atoms with van der Waals surface area (Å²) < 4.78 is 0. The van der Waals surface area contributed by atoms with Crippen molar-refractivity contribution in [3.63, 3.8) is 0 Å². The van der Waals surface area contributed by atoms with Gasteiger partial charge in [0.15, 0.2) is 0 Å². The van der Waals surface area contributed by atoms with Crippen LogP contribution in [0.4, 0.5) is 0 Å². The van der Waals surface area contributed by atoms with Gasteiger partial charge in [-0.2, -0.15) is 0 Å². The minimum Gasteiger partial charge on any atom is -0.127 e. The van der Waals surface area contributed by atoms with Crippen LogP contribution in [0.15, 0.2) is 0 Å². The van der Waals surface area contributed by atoms with E-state index in [1.54, 1.807) is 0 Å². The van der Waals surface area contributed by atoms with Crippen molar-refractivity contribution in [2.24, 2.45) is 0 Å². The first-order valence-electron chi connectivity index (χ1n) is 2.98. The normalized spacial score (nSPS) is 13.2. The molecule has 8 heavy (non-hydrogen) atoms. The molecule has 0 saturated carbocycles. The highest BCUT2D eigenvalue weighted by Gasteiger charge is 1.92. The molecular formula is C6H14P2. The zero-order valence-corrected chi connectivity index (χ0v) is 7.54. The van der Waals surface area contributed by atoms with Gasteiger partial charge in [0.2, 0.25) is 0 Å². The second kappa shape index (κ2) is 5.73. The SMILES string of the molecule is CCP(C)CCC=P. The predicted molar refractivity (Wildman–Crippen MR) is 47.2 cm³/mol. The molecule has 1 atom stereocenters. The summed E-state index contributed by atoms with van der Waals surface area (Å²) in [5, 5.41) is 0. The molecule has 0 aliphatic heterocycles. The lowest BCUT2D eigenvalue weighted by Gasteiger charge is -2.04. The summed E-state index contributed by atoms with van der Waals surface area (Å²) in [7, 11) is 3.69. The van der Waals surface area contributed by atoms with Crippen LogP contribution in [0, 0.1) is 0 Å². The Balaban J connectivity index is 2.97. The van der Waals surface area contributed by atoms with Gasteiger partial charge in [-0.1, -0.05) is 12.7 Å². The van der Waals surface area contributed by atoms with Crippen LogP contribution in [-0.4, -0.2) is 24.8 Å². The molecule has 0 bridgehead atoms. The molecule has 0 saturated heterocycles. The molecule has 0 aliphatic rings. The van der Waals surface area contributed by atoms with Crippen molar-refractivity contribution in [2.75, 3.05) is 19.0 Å². The zero-order valence-electron chi connectivity index (χ0n) is 5.65. The van der Waals surface area contributed by atoms with Crippen molar-refractivity contribution in [3.05, 3.63) is 0 Å². The van der Waals surface area contributed by atoms with Gasteiger partial charge in [0.25, 0.3) is 0 Å². The van der Waals surface area contributed by atoms with E-state index in [4.69, 9.17) is 0 Å². The van der Waals surface area contributed by atoms with Crippen LogP contribution in [0.2, 0.25) is 0 Å². The summed E-state index contributed by atoms with van der Waals surface area (Å²) in [6.45, 7) is 4.62. The molecule has 0 spiro atoms. The van der Waals surface area contributed by atoms with E-state index in [2.05, 4.69) is 28.2 Å². The van der Waals surface area contributed by atoms with Crippen LogP contribution >= 0.6 is 16.8 Å². The van der Waals surface area contributed by atoms with Crippen LogP contribution in [0.3, 0.4) is 0 Å². The van der Waals surface area contributed by atoms with Crippen molar-refractivity contribution in [1.82, 2.24) is 0 Å². The molecule has 2 heteroatoms. The first-order valence-corrected chi connectivity index (χ1v) is 5.72. The third-order valence-electron chi connectivity index (χ3n) is 1.19. The Kier molecular flexibility index (Phi) is 6.16. The average molecular weight is 148 g/mol. The summed E-state index contributed by atoms with van der Waals surface area (Å²) in [5.74, 6) is 2.06. The van der Waals surface area contributed by atoms with Gasteiger partial charge in [0.05, 0.1) is 0 Å². The van der Waals surface area contributed by atoms with Gasteiger partial charge in [-0.25, -0.2) is 0 Å². The molecule has 0 amide bonds. The van der Waals surface area contributed by atoms with Crippen LogP contribution in [-0.2, 0) is 0 Å².